The molecule has 2 aromatic rings. The molecule has 0 heterocycles. The monoisotopic (exact) mass is 336 g/mol. The number of anilines is 1. The molecular formula is C21H24N2O2. The molecule has 3 rings (SSSR count). The number of rotatable bonds is 5. The predicted octanol–water partition coefficient (Wildman–Crippen LogP) is 4.01. The number of hydrogen-bond acceptors (Lipinski definition) is 2. The first-order chi connectivity index (χ1) is 12.1. The van der Waals surface area contributed by atoms with E-state index in [9.17, 15) is 9.59 Å². The van der Waals surface area contributed by atoms with Gasteiger partial charge >= 0.3 is 0 Å². The van der Waals surface area contributed by atoms with Crippen LogP contribution < -0.4 is 10.6 Å². The molecule has 1 unspecified atom stereocenters. The van der Waals surface area contributed by atoms with E-state index in [2.05, 4.69) is 16.7 Å². The lowest BCUT2D eigenvalue weighted by atomic mass is 10.0. The number of fused-ring (bicyclic) bond motifs is 1. The molecule has 0 radical (unpaired) electrons. The van der Waals surface area contributed by atoms with Gasteiger partial charge in [-0.1, -0.05) is 25.1 Å². The third-order valence-corrected chi connectivity index (χ3v) is 4.72. The van der Waals surface area contributed by atoms with Crippen molar-refractivity contribution in [1.29, 1.82) is 0 Å². The molecule has 4 heteroatoms. The van der Waals surface area contributed by atoms with Crippen molar-refractivity contribution in [3.63, 3.8) is 0 Å². The number of hydrogen-bond donors (Lipinski definition) is 2. The van der Waals surface area contributed by atoms with Gasteiger partial charge in [-0.15, -0.1) is 0 Å². The highest BCUT2D eigenvalue weighted by molar-refractivity contribution is 5.94. The van der Waals surface area contributed by atoms with Crippen LogP contribution in [0.15, 0.2) is 42.5 Å². The smallest absolute Gasteiger partial charge is 0.251 e. The van der Waals surface area contributed by atoms with Crippen LogP contribution in [0.4, 0.5) is 5.69 Å². The van der Waals surface area contributed by atoms with Crippen LogP contribution in [0.5, 0.6) is 0 Å². The average Bonchev–Trinajstić information content (AvgIpc) is 3.09. The molecule has 2 N–H and O–H groups in total. The summed E-state index contributed by atoms with van der Waals surface area (Å²) in [5, 5.41) is 5.87. The molecule has 4 nitrogen and oxygen atoms in total. The van der Waals surface area contributed by atoms with E-state index in [1.165, 1.54) is 17.5 Å². The molecule has 1 aliphatic carbocycles. The lowest BCUT2D eigenvalue weighted by Crippen LogP contribution is -2.26. The second-order valence-corrected chi connectivity index (χ2v) is 6.56. The Labute approximate surface area is 148 Å². The molecule has 25 heavy (non-hydrogen) atoms. The zero-order valence-corrected chi connectivity index (χ0v) is 14.8. The Morgan fingerprint density at radius 2 is 1.76 bits per heavy atom. The van der Waals surface area contributed by atoms with Crippen LogP contribution in [0.25, 0.3) is 0 Å². The maximum Gasteiger partial charge on any atom is 0.251 e. The van der Waals surface area contributed by atoms with Crippen molar-refractivity contribution in [1.82, 2.24) is 5.32 Å². The minimum absolute atomic E-state index is 0.00860. The molecule has 0 bridgehead atoms. The first-order valence-electron chi connectivity index (χ1n) is 8.89. The van der Waals surface area contributed by atoms with E-state index in [-0.39, 0.29) is 17.9 Å². The van der Waals surface area contributed by atoms with Crippen LogP contribution in [-0.2, 0) is 17.6 Å². The van der Waals surface area contributed by atoms with Crippen LogP contribution in [0.2, 0.25) is 0 Å². The second-order valence-electron chi connectivity index (χ2n) is 6.56. The third-order valence-electron chi connectivity index (χ3n) is 4.72. The van der Waals surface area contributed by atoms with Gasteiger partial charge in [-0.25, -0.2) is 0 Å². The van der Waals surface area contributed by atoms with Crippen molar-refractivity contribution in [3.05, 3.63) is 64.7 Å². The summed E-state index contributed by atoms with van der Waals surface area (Å²) < 4.78 is 0. The summed E-state index contributed by atoms with van der Waals surface area (Å²) in [6.07, 6.45) is 3.82. The van der Waals surface area contributed by atoms with Gasteiger partial charge in [-0.3, -0.25) is 9.59 Å². The molecule has 2 aromatic carbocycles. The lowest BCUT2D eigenvalue weighted by molar-refractivity contribution is -0.115. The van der Waals surface area contributed by atoms with Crippen molar-refractivity contribution >= 4 is 17.5 Å². The molecule has 0 aromatic heterocycles. The van der Waals surface area contributed by atoms with Crippen LogP contribution >= 0.6 is 0 Å². The van der Waals surface area contributed by atoms with Gasteiger partial charge < -0.3 is 10.6 Å². The summed E-state index contributed by atoms with van der Waals surface area (Å²) in [4.78, 5) is 23.9. The highest BCUT2D eigenvalue weighted by atomic mass is 16.2. The highest BCUT2D eigenvalue weighted by Crippen LogP contribution is 2.23. The lowest BCUT2D eigenvalue weighted by Gasteiger charge is -2.15. The molecule has 0 saturated heterocycles. The van der Waals surface area contributed by atoms with E-state index in [1.807, 2.05) is 50.2 Å². The fourth-order valence-corrected chi connectivity index (χ4v) is 3.18. The number of carbonyl (C=O) groups is 2. The topological polar surface area (TPSA) is 58.2 Å². The molecule has 130 valence electrons. The molecule has 1 atom stereocenters. The molecule has 0 saturated carbocycles. The van der Waals surface area contributed by atoms with E-state index in [0.717, 1.165) is 29.7 Å². The standard InChI is InChI=1S/C21H24N2O2/c1-3-20(24)23-19-11-9-15(10-12-19)14(2)22-21(25)18-8-7-16-5-4-6-17(16)13-18/h7-14H,3-6H2,1-2H3,(H,22,25)(H,23,24). The number of amides is 2. The Balaban J connectivity index is 1.64. The highest BCUT2D eigenvalue weighted by Gasteiger charge is 2.16. The van der Waals surface area contributed by atoms with Crippen LogP contribution in [0.1, 0.15) is 59.8 Å². The van der Waals surface area contributed by atoms with Crippen LogP contribution in [0.3, 0.4) is 0 Å². The zero-order valence-electron chi connectivity index (χ0n) is 14.8. The Morgan fingerprint density at radius 3 is 2.48 bits per heavy atom. The van der Waals surface area contributed by atoms with Gasteiger partial charge in [0.25, 0.3) is 5.91 Å². The minimum Gasteiger partial charge on any atom is -0.346 e. The van der Waals surface area contributed by atoms with Gasteiger partial charge in [0.2, 0.25) is 5.91 Å². The second kappa shape index (κ2) is 7.51. The Morgan fingerprint density at radius 1 is 1.04 bits per heavy atom. The van der Waals surface area contributed by atoms with E-state index >= 15 is 0 Å². The summed E-state index contributed by atoms with van der Waals surface area (Å²) in [7, 11) is 0. The molecule has 0 aliphatic heterocycles. The number of benzene rings is 2. The molecule has 0 spiro atoms. The van der Waals surface area contributed by atoms with Crippen LogP contribution in [0, 0.1) is 0 Å². The normalized spacial score (nSPS) is 13.8. The first kappa shape index (κ1) is 17.2. The van der Waals surface area contributed by atoms with E-state index in [0.29, 0.717) is 6.42 Å². The maximum absolute atomic E-state index is 12.5. The summed E-state index contributed by atoms with van der Waals surface area (Å²) in [6.45, 7) is 3.78. The number of nitrogens with one attached hydrogen (secondary N) is 2. The van der Waals surface area contributed by atoms with Gasteiger partial charge in [0.05, 0.1) is 6.04 Å². The maximum atomic E-state index is 12.5. The van der Waals surface area contributed by atoms with E-state index in [4.69, 9.17) is 0 Å². The molecule has 1 aliphatic rings. The zero-order chi connectivity index (χ0) is 17.8. The summed E-state index contributed by atoms with van der Waals surface area (Å²) in [5.41, 5.74) is 5.17. The van der Waals surface area contributed by atoms with Crippen molar-refractivity contribution in [2.24, 2.45) is 0 Å². The van der Waals surface area contributed by atoms with Gasteiger partial charge in [-0.05, 0) is 67.1 Å². The van der Waals surface area contributed by atoms with Crippen LogP contribution in [-0.4, -0.2) is 11.8 Å². The van der Waals surface area contributed by atoms with E-state index < -0.39 is 0 Å². The molecule has 2 amide bonds. The minimum atomic E-state index is -0.100. The SMILES string of the molecule is CCC(=O)Nc1ccc(C(C)NC(=O)c2ccc3c(c2)CCC3)cc1. The van der Waals surface area contributed by atoms with Crippen molar-refractivity contribution in [2.75, 3.05) is 5.32 Å². The molecular weight excluding hydrogens is 312 g/mol. The Kier molecular flexibility index (Phi) is 5.17. The largest absolute Gasteiger partial charge is 0.346 e. The van der Waals surface area contributed by atoms with E-state index in [1.54, 1.807) is 0 Å². The fourth-order valence-electron chi connectivity index (χ4n) is 3.18. The summed E-state index contributed by atoms with van der Waals surface area (Å²) in [6, 6.07) is 13.5. The Bertz CT molecular complexity index is 781. The summed E-state index contributed by atoms with van der Waals surface area (Å²) >= 11 is 0. The Hall–Kier alpha value is -2.62. The number of carbonyl (C=O) groups excluding carboxylic acids is 2. The first-order valence-corrected chi connectivity index (χ1v) is 8.89. The van der Waals surface area contributed by atoms with Crippen molar-refractivity contribution in [2.45, 2.75) is 45.6 Å². The van der Waals surface area contributed by atoms with Crippen molar-refractivity contribution in [3.8, 4) is 0 Å². The molecule has 0 fully saturated rings. The van der Waals surface area contributed by atoms with Gasteiger partial charge in [0, 0.05) is 17.7 Å². The van der Waals surface area contributed by atoms with Gasteiger partial charge in [-0.2, -0.15) is 0 Å². The van der Waals surface area contributed by atoms with Gasteiger partial charge in [0.1, 0.15) is 0 Å². The fraction of sp³-hybridized carbons (Fsp3) is 0.333. The number of aryl methyl sites for hydroxylation is 2. The quantitative estimate of drug-likeness (QED) is 0.866. The summed E-state index contributed by atoms with van der Waals surface area (Å²) in [5.74, 6) is -0.0590. The predicted molar refractivity (Wildman–Crippen MR) is 99.7 cm³/mol. The van der Waals surface area contributed by atoms with Crippen molar-refractivity contribution < 1.29 is 9.59 Å². The van der Waals surface area contributed by atoms with Gasteiger partial charge in [0.15, 0.2) is 0 Å². The third kappa shape index (κ3) is 4.08. The average molecular weight is 336 g/mol.